The molecule has 0 saturated heterocycles. The molecule has 3 aromatic rings. The van der Waals surface area contributed by atoms with Crippen molar-refractivity contribution in [2.45, 2.75) is 119 Å². The Labute approximate surface area is 335 Å². The second-order valence-electron chi connectivity index (χ2n) is 13.0. The summed E-state index contributed by atoms with van der Waals surface area (Å²) in [5.41, 5.74) is 7.62. The van der Waals surface area contributed by atoms with Gasteiger partial charge in [-0.2, -0.15) is 0 Å². The molecule has 0 amide bonds. The van der Waals surface area contributed by atoms with Crippen molar-refractivity contribution in [2.24, 2.45) is 0 Å². The average molecular weight is 863 g/mol. The molecule has 0 aromatic heterocycles. The zero-order chi connectivity index (χ0) is 33.0. The number of hydrogen-bond donors (Lipinski definition) is 0. The van der Waals surface area contributed by atoms with Crippen molar-refractivity contribution in [1.82, 2.24) is 0 Å². The van der Waals surface area contributed by atoms with E-state index < -0.39 is 0 Å². The number of halogens is 6. The fourth-order valence-corrected chi connectivity index (χ4v) is 6.09. The normalized spacial score (nSPS) is 9.62. The van der Waals surface area contributed by atoms with E-state index in [1.165, 1.54) is 111 Å². The van der Waals surface area contributed by atoms with Crippen LogP contribution in [0.15, 0.2) is 72.8 Å². The zero-order valence-corrected chi connectivity index (χ0v) is 35.7. The second kappa shape index (κ2) is 35.0. The van der Waals surface area contributed by atoms with E-state index in [0.717, 1.165) is 39.3 Å². The summed E-state index contributed by atoms with van der Waals surface area (Å²) in [7, 11) is 0. The van der Waals surface area contributed by atoms with E-state index in [4.69, 9.17) is 0 Å². The third-order valence-corrected chi connectivity index (χ3v) is 9.11. The third kappa shape index (κ3) is 19.4. The molecule has 3 aromatic carbocycles. The van der Waals surface area contributed by atoms with Crippen molar-refractivity contribution < 1.29 is 28.2 Å². The minimum atomic E-state index is 0. The van der Waals surface area contributed by atoms with Gasteiger partial charge in [-0.15, -0.1) is 0 Å². The summed E-state index contributed by atoms with van der Waals surface area (Å²) >= 11 is 0. The largest absolute Gasteiger partial charge is 1.00 e. The monoisotopic (exact) mass is 861 g/mol. The Hall–Kier alpha value is -2.74. The fourth-order valence-electron chi connectivity index (χ4n) is 6.09. The van der Waals surface area contributed by atoms with Crippen LogP contribution in [0.2, 0.25) is 0 Å². The summed E-state index contributed by atoms with van der Waals surface area (Å²) in [5, 5.41) is 0. The van der Waals surface area contributed by atoms with E-state index in [0.29, 0.717) is 0 Å². The van der Waals surface area contributed by atoms with E-state index in [1.807, 2.05) is 0 Å². The van der Waals surface area contributed by atoms with E-state index in [1.54, 1.807) is 0 Å². The Kier molecular flexibility index (Phi) is 39.3. The topological polar surface area (TPSA) is 13.0 Å². The number of unbranched alkanes of at least 4 members (excludes halogenated alkanes) is 6. The fraction of sp³-hybridized carbons (Fsp3) is 0.571. The predicted molar refractivity (Wildman–Crippen MR) is 213 cm³/mol. The smallest absolute Gasteiger partial charge is 0.0463 e. The van der Waals surface area contributed by atoms with Gasteiger partial charge in [0.2, 0.25) is 0 Å². The first-order valence-corrected chi connectivity index (χ1v) is 18.9. The number of hydrogen-bond acceptors (Lipinski definition) is 4. The second-order valence-corrected chi connectivity index (χ2v) is 13.0. The van der Waals surface area contributed by atoms with Crippen LogP contribution in [0.25, 0.3) is 0 Å². The Morgan fingerprint density at radius 2 is 0.434 bits per heavy atom. The van der Waals surface area contributed by atoms with Gasteiger partial charge in [0.05, 0.1) is 0 Å². The van der Waals surface area contributed by atoms with Gasteiger partial charge in [0.15, 0.2) is 0 Å². The predicted octanol–water partition coefficient (Wildman–Crippen LogP) is -5.98. The van der Waals surface area contributed by atoms with Gasteiger partial charge in [0, 0.05) is 97.8 Å². The molecular formula is C42H66F6N4Sb-6. The van der Waals surface area contributed by atoms with Crippen molar-refractivity contribution in [1.29, 1.82) is 0 Å². The van der Waals surface area contributed by atoms with Crippen LogP contribution in [0.5, 0.6) is 0 Å². The Morgan fingerprint density at radius 3 is 0.585 bits per heavy atom. The Bertz CT molecular complexity index is 1030. The number of rotatable bonds is 24. The maximum atomic E-state index is 2.58. The van der Waals surface area contributed by atoms with Crippen LogP contribution in [-0.2, 0) is 0 Å². The molecule has 0 spiro atoms. The van der Waals surface area contributed by atoms with Crippen LogP contribution < -0.4 is 47.8 Å². The van der Waals surface area contributed by atoms with Gasteiger partial charge in [-0.3, -0.25) is 0 Å². The van der Waals surface area contributed by atoms with Gasteiger partial charge in [0.1, 0.15) is 0 Å². The number of benzene rings is 3. The van der Waals surface area contributed by atoms with Crippen molar-refractivity contribution in [3.05, 3.63) is 72.8 Å². The molecular weight excluding hydrogens is 796 g/mol. The molecule has 0 N–H and O–H groups in total. The van der Waals surface area contributed by atoms with Gasteiger partial charge < -0.3 is 47.8 Å². The van der Waals surface area contributed by atoms with Crippen LogP contribution in [0.3, 0.4) is 0 Å². The summed E-state index contributed by atoms with van der Waals surface area (Å²) in [6.45, 7) is 20.5. The maximum Gasteiger partial charge on any atom is 0.0463 e. The molecule has 0 aliphatic carbocycles. The molecule has 0 aliphatic heterocycles. The van der Waals surface area contributed by atoms with Gasteiger partial charge >= 0.3 is 0 Å². The van der Waals surface area contributed by atoms with Crippen molar-refractivity contribution >= 4 is 58.6 Å². The van der Waals surface area contributed by atoms with E-state index in [-0.39, 0.29) is 52.7 Å². The van der Waals surface area contributed by atoms with Crippen LogP contribution in [0, 0.1) is 0 Å². The Balaban J connectivity index is -0.00000110. The van der Waals surface area contributed by atoms with Gasteiger partial charge in [-0.1, -0.05) is 80.1 Å². The number of nitrogens with zero attached hydrogens (tertiary/aromatic N) is 4. The van der Waals surface area contributed by atoms with Crippen molar-refractivity contribution in [3.63, 3.8) is 0 Å². The molecule has 0 aliphatic rings. The first-order valence-electron chi connectivity index (χ1n) is 18.9. The molecule has 0 atom stereocenters. The first kappa shape index (κ1) is 59.5. The molecule has 0 bridgehead atoms. The molecule has 3 radical (unpaired) electrons. The summed E-state index contributed by atoms with van der Waals surface area (Å²) in [4.78, 5) is 10.2. The van der Waals surface area contributed by atoms with Crippen molar-refractivity contribution in [3.8, 4) is 0 Å². The van der Waals surface area contributed by atoms with E-state index in [9.17, 15) is 0 Å². The molecule has 307 valence electrons. The summed E-state index contributed by atoms with van der Waals surface area (Å²) in [6.07, 6.45) is 14.8. The average Bonchev–Trinajstić information content (AvgIpc) is 3.10. The summed E-state index contributed by atoms with van der Waals surface area (Å²) in [5.74, 6) is 0. The zero-order valence-electron chi connectivity index (χ0n) is 33.2. The number of anilines is 6. The molecule has 0 saturated carbocycles. The van der Waals surface area contributed by atoms with Crippen LogP contribution >= 0.6 is 0 Å². The van der Waals surface area contributed by atoms with E-state index >= 15 is 0 Å². The minimum Gasteiger partial charge on any atom is -1.00 e. The molecule has 3 rings (SSSR count). The third-order valence-electron chi connectivity index (χ3n) is 9.11. The standard InChI is InChI=1S/C42H66N4.6FH.Sb/c1-7-13-31-43(32-14-8-2)37-19-25-40(26-20-37)46(41-27-21-38(22-28-41)44(33-15-9-3)34-16-10-4)42-29-23-39(24-30-42)45(35-17-11-5)36-18-12-6;;;;;;;/h19-30H,7-18,31-36H2,1-6H3;6*1H;/p-6. The summed E-state index contributed by atoms with van der Waals surface area (Å²) in [6, 6.07) is 28.0. The van der Waals surface area contributed by atoms with Crippen LogP contribution in [0.4, 0.5) is 34.1 Å². The van der Waals surface area contributed by atoms with Gasteiger partial charge in [-0.25, -0.2) is 0 Å². The molecule has 11 heteroatoms. The van der Waals surface area contributed by atoms with Crippen molar-refractivity contribution in [2.75, 3.05) is 58.9 Å². The van der Waals surface area contributed by atoms with Gasteiger partial charge in [0.25, 0.3) is 0 Å². The van der Waals surface area contributed by atoms with E-state index in [2.05, 4.69) is 134 Å². The molecule has 0 fully saturated rings. The molecule has 4 nitrogen and oxygen atoms in total. The maximum absolute atomic E-state index is 2.58. The Morgan fingerprint density at radius 1 is 0.283 bits per heavy atom. The minimum absolute atomic E-state index is 0. The quantitative estimate of drug-likeness (QED) is 0.0659. The molecule has 53 heavy (non-hydrogen) atoms. The van der Waals surface area contributed by atoms with Gasteiger partial charge in [-0.05, 0) is 111 Å². The SMILES string of the molecule is CCCCN(CCCC)c1ccc(N(c2ccc(N(CCCC)CCCC)cc2)c2ccc(N(CCCC)CCCC)cc2)cc1.[F-].[F-].[F-].[F-].[F-].[F-].[Sb]. The molecule has 0 heterocycles. The van der Waals surface area contributed by atoms with Crippen LogP contribution in [0.1, 0.15) is 119 Å². The summed E-state index contributed by atoms with van der Waals surface area (Å²) < 4.78 is 0. The first-order chi connectivity index (χ1) is 22.6. The molecule has 0 unspecified atom stereocenters. The van der Waals surface area contributed by atoms with Crippen LogP contribution in [-0.4, -0.2) is 63.7 Å².